The van der Waals surface area contributed by atoms with Crippen molar-refractivity contribution in [3.63, 3.8) is 0 Å². The van der Waals surface area contributed by atoms with E-state index in [2.05, 4.69) is 11.1 Å². The lowest BCUT2D eigenvalue weighted by atomic mass is 10.2. The molecular weight excluding hydrogens is 246 g/mol. The zero-order valence-electron chi connectivity index (χ0n) is 9.97. The van der Waals surface area contributed by atoms with Gasteiger partial charge in [0.2, 0.25) is 0 Å². The van der Waals surface area contributed by atoms with Crippen LogP contribution in [-0.2, 0) is 6.54 Å². The summed E-state index contributed by atoms with van der Waals surface area (Å²) in [6, 6.07) is 13.3. The highest BCUT2D eigenvalue weighted by atomic mass is 35.5. The number of anilines is 1. The predicted octanol–water partition coefficient (Wildman–Crippen LogP) is 3.24. The van der Waals surface area contributed by atoms with Gasteiger partial charge in [-0.3, -0.25) is 0 Å². The summed E-state index contributed by atoms with van der Waals surface area (Å²) >= 11 is 5.84. The topological polar surface area (TPSA) is 39.9 Å². The molecule has 1 aromatic heterocycles. The van der Waals surface area contributed by atoms with Crippen molar-refractivity contribution in [1.29, 1.82) is 5.26 Å². The molecule has 0 unspecified atom stereocenters. The third-order valence-corrected chi connectivity index (χ3v) is 2.85. The molecule has 0 saturated heterocycles. The van der Waals surface area contributed by atoms with Crippen LogP contribution in [0.3, 0.4) is 0 Å². The Morgan fingerprint density at radius 2 is 2.00 bits per heavy atom. The maximum atomic E-state index is 8.85. The van der Waals surface area contributed by atoms with Crippen molar-refractivity contribution in [3.05, 3.63) is 58.7 Å². The van der Waals surface area contributed by atoms with Crippen LogP contribution in [0.25, 0.3) is 0 Å². The van der Waals surface area contributed by atoms with E-state index in [1.165, 1.54) is 0 Å². The van der Waals surface area contributed by atoms with Crippen LogP contribution in [0.1, 0.15) is 11.1 Å². The predicted molar refractivity (Wildman–Crippen MR) is 72.5 cm³/mol. The number of aromatic nitrogens is 1. The van der Waals surface area contributed by atoms with E-state index in [0.29, 0.717) is 5.56 Å². The van der Waals surface area contributed by atoms with Gasteiger partial charge in [-0.1, -0.05) is 23.7 Å². The van der Waals surface area contributed by atoms with Gasteiger partial charge in [0.15, 0.2) is 0 Å². The Hall–Kier alpha value is -2.05. The van der Waals surface area contributed by atoms with E-state index in [4.69, 9.17) is 16.9 Å². The van der Waals surface area contributed by atoms with Crippen LogP contribution in [0.15, 0.2) is 42.6 Å². The lowest BCUT2D eigenvalue weighted by molar-refractivity contribution is 0.897. The van der Waals surface area contributed by atoms with Crippen molar-refractivity contribution in [2.24, 2.45) is 0 Å². The first-order valence-corrected chi connectivity index (χ1v) is 5.88. The van der Waals surface area contributed by atoms with Crippen molar-refractivity contribution in [1.82, 2.24) is 4.98 Å². The molecule has 18 heavy (non-hydrogen) atoms. The number of benzene rings is 1. The lowest BCUT2D eigenvalue weighted by Crippen LogP contribution is -2.17. The van der Waals surface area contributed by atoms with Gasteiger partial charge in [-0.05, 0) is 29.8 Å². The summed E-state index contributed by atoms with van der Waals surface area (Å²) in [5.74, 6) is 0.781. The zero-order chi connectivity index (χ0) is 13.0. The summed E-state index contributed by atoms with van der Waals surface area (Å²) in [4.78, 5) is 6.24. The monoisotopic (exact) mass is 257 g/mol. The number of nitriles is 1. The zero-order valence-corrected chi connectivity index (χ0v) is 10.7. The molecule has 2 aromatic rings. The Labute approximate surface area is 111 Å². The molecule has 1 aromatic carbocycles. The van der Waals surface area contributed by atoms with E-state index in [0.717, 1.165) is 22.9 Å². The number of nitrogens with zero attached hydrogens (tertiary/aromatic N) is 3. The number of hydrogen-bond acceptors (Lipinski definition) is 3. The molecule has 2 rings (SSSR count). The summed E-state index contributed by atoms with van der Waals surface area (Å²) in [6.45, 7) is 0.721. The second-order valence-corrected chi connectivity index (χ2v) is 4.43. The van der Waals surface area contributed by atoms with Crippen LogP contribution in [-0.4, -0.2) is 12.0 Å². The molecule has 4 heteroatoms. The SMILES string of the molecule is CN(Cc1ccc(Cl)cc1)c1cc(C#N)ccn1. The Morgan fingerprint density at radius 3 is 2.67 bits per heavy atom. The minimum Gasteiger partial charge on any atom is -0.355 e. The molecule has 3 nitrogen and oxygen atoms in total. The van der Waals surface area contributed by atoms with Crippen molar-refractivity contribution in [2.45, 2.75) is 6.54 Å². The van der Waals surface area contributed by atoms with Crippen LogP contribution in [0, 0.1) is 11.3 Å². The third kappa shape index (κ3) is 2.99. The average Bonchev–Trinajstić information content (AvgIpc) is 2.41. The number of halogens is 1. The highest BCUT2D eigenvalue weighted by molar-refractivity contribution is 6.30. The quantitative estimate of drug-likeness (QED) is 0.847. The van der Waals surface area contributed by atoms with Crippen LogP contribution in [0.2, 0.25) is 5.02 Å². The van der Waals surface area contributed by atoms with Gasteiger partial charge in [0, 0.05) is 24.8 Å². The number of hydrogen-bond donors (Lipinski definition) is 0. The standard InChI is InChI=1S/C14H12ClN3/c1-18(10-11-2-4-13(15)5-3-11)14-8-12(9-16)6-7-17-14/h2-8H,10H2,1H3. The molecule has 0 aliphatic heterocycles. The van der Waals surface area contributed by atoms with Gasteiger partial charge < -0.3 is 4.90 Å². The molecule has 0 radical (unpaired) electrons. The van der Waals surface area contributed by atoms with Gasteiger partial charge in [-0.2, -0.15) is 5.26 Å². The second kappa shape index (κ2) is 5.52. The van der Waals surface area contributed by atoms with Crippen LogP contribution < -0.4 is 4.90 Å². The fourth-order valence-corrected chi connectivity index (χ4v) is 1.77. The molecular formula is C14H12ClN3. The second-order valence-electron chi connectivity index (χ2n) is 4.00. The Kier molecular flexibility index (Phi) is 3.81. The molecule has 0 aliphatic rings. The largest absolute Gasteiger partial charge is 0.355 e. The maximum Gasteiger partial charge on any atom is 0.129 e. The molecule has 0 N–H and O–H groups in total. The van der Waals surface area contributed by atoms with Crippen LogP contribution >= 0.6 is 11.6 Å². The average molecular weight is 258 g/mol. The summed E-state index contributed by atoms with van der Waals surface area (Å²) in [5.41, 5.74) is 1.76. The molecule has 1 heterocycles. The van der Waals surface area contributed by atoms with Gasteiger partial charge in [-0.25, -0.2) is 4.98 Å². The smallest absolute Gasteiger partial charge is 0.129 e. The van der Waals surface area contributed by atoms with E-state index in [9.17, 15) is 0 Å². The van der Waals surface area contributed by atoms with Crippen molar-refractivity contribution < 1.29 is 0 Å². The number of pyridine rings is 1. The van der Waals surface area contributed by atoms with Gasteiger partial charge in [0.05, 0.1) is 11.6 Å². The van der Waals surface area contributed by atoms with Crippen molar-refractivity contribution >= 4 is 17.4 Å². The summed E-state index contributed by atoms with van der Waals surface area (Å²) in [7, 11) is 1.94. The normalized spacial score (nSPS) is 9.83. The van der Waals surface area contributed by atoms with E-state index in [1.807, 2.05) is 36.2 Å². The van der Waals surface area contributed by atoms with Gasteiger partial charge in [-0.15, -0.1) is 0 Å². The highest BCUT2D eigenvalue weighted by Gasteiger charge is 2.04. The third-order valence-electron chi connectivity index (χ3n) is 2.60. The molecule has 0 fully saturated rings. The molecule has 0 saturated carbocycles. The van der Waals surface area contributed by atoms with E-state index < -0.39 is 0 Å². The summed E-state index contributed by atoms with van der Waals surface area (Å²) < 4.78 is 0. The summed E-state index contributed by atoms with van der Waals surface area (Å²) in [5, 5.41) is 9.58. The number of rotatable bonds is 3. The first-order valence-electron chi connectivity index (χ1n) is 5.51. The Bertz CT molecular complexity index is 572. The highest BCUT2D eigenvalue weighted by Crippen LogP contribution is 2.15. The van der Waals surface area contributed by atoms with E-state index in [-0.39, 0.29) is 0 Å². The minimum atomic E-state index is 0.614. The van der Waals surface area contributed by atoms with E-state index in [1.54, 1.807) is 18.3 Å². The molecule has 90 valence electrons. The first-order chi connectivity index (χ1) is 8.69. The fraction of sp³-hybridized carbons (Fsp3) is 0.143. The van der Waals surface area contributed by atoms with E-state index >= 15 is 0 Å². The molecule has 0 amide bonds. The van der Waals surface area contributed by atoms with Gasteiger partial charge in [0.1, 0.15) is 5.82 Å². The minimum absolute atomic E-state index is 0.614. The van der Waals surface area contributed by atoms with Gasteiger partial charge in [0.25, 0.3) is 0 Å². The van der Waals surface area contributed by atoms with Crippen molar-refractivity contribution in [2.75, 3.05) is 11.9 Å². The molecule has 0 spiro atoms. The first kappa shape index (κ1) is 12.4. The maximum absolute atomic E-state index is 8.85. The fourth-order valence-electron chi connectivity index (χ4n) is 1.64. The molecule has 0 atom stereocenters. The van der Waals surface area contributed by atoms with Crippen LogP contribution in [0.5, 0.6) is 0 Å². The van der Waals surface area contributed by atoms with Crippen molar-refractivity contribution in [3.8, 4) is 6.07 Å². The van der Waals surface area contributed by atoms with Crippen LogP contribution in [0.4, 0.5) is 5.82 Å². The Balaban J connectivity index is 2.14. The Morgan fingerprint density at radius 1 is 1.28 bits per heavy atom. The molecule has 0 bridgehead atoms. The molecule has 0 aliphatic carbocycles. The lowest BCUT2D eigenvalue weighted by Gasteiger charge is -2.18. The van der Waals surface area contributed by atoms with Gasteiger partial charge >= 0.3 is 0 Å². The summed E-state index contributed by atoms with van der Waals surface area (Å²) in [6.07, 6.45) is 1.65.